The minimum Gasteiger partial charge on any atom is -0.344 e. The van der Waals surface area contributed by atoms with Gasteiger partial charge in [0.15, 0.2) is 0 Å². The average Bonchev–Trinajstić information content (AvgIpc) is 2.68. The highest BCUT2D eigenvalue weighted by Crippen LogP contribution is 2.24. The molecule has 94 valence electrons. The van der Waals surface area contributed by atoms with Crippen molar-refractivity contribution >= 4 is 17.7 Å². The minimum atomic E-state index is -0.590. The molecule has 3 unspecified atom stereocenters. The van der Waals surface area contributed by atoms with Gasteiger partial charge in [-0.2, -0.15) is 0 Å². The molecule has 1 aliphatic heterocycles. The number of nitrogens with two attached hydrogens (primary N) is 1. The first kappa shape index (κ1) is 12.0. The smallest absolute Gasteiger partial charge is 0.249 e. The van der Waals surface area contributed by atoms with Gasteiger partial charge in [-0.1, -0.05) is 6.42 Å². The van der Waals surface area contributed by atoms with Crippen LogP contribution >= 0.6 is 0 Å². The van der Waals surface area contributed by atoms with Gasteiger partial charge in [-0.15, -0.1) is 0 Å². The summed E-state index contributed by atoms with van der Waals surface area (Å²) in [7, 11) is 0. The van der Waals surface area contributed by atoms with E-state index in [0.717, 1.165) is 19.3 Å². The maximum absolute atomic E-state index is 11.9. The zero-order valence-electron chi connectivity index (χ0n) is 9.57. The number of imide groups is 1. The predicted octanol–water partition coefficient (Wildman–Crippen LogP) is -0.965. The van der Waals surface area contributed by atoms with Crippen LogP contribution in [0.25, 0.3) is 0 Å². The number of carbonyl (C=O) groups is 3. The van der Waals surface area contributed by atoms with Gasteiger partial charge in [0, 0.05) is 12.5 Å². The third-order valence-electron chi connectivity index (χ3n) is 3.46. The SMILES string of the molecule is NC1CCCC1C(=O)NC1CCC(=O)NC1=O. The number of hydrogen-bond donors (Lipinski definition) is 3. The van der Waals surface area contributed by atoms with Gasteiger partial charge in [-0.05, 0) is 19.3 Å². The molecule has 0 radical (unpaired) electrons. The summed E-state index contributed by atoms with van der Waals surface area (Å²) in [6.45, 7) is 0. The number of piperidine rings is 1. The van der Waals surface area contributed by atoms with Gasteiger partial charge in [-0.3, -0.25) is 19.7 Å². The fourth-order valence-electron chi connectivity index (χ4n) is 2.42. The third kappa shape index (κ3) is 2.63. The molecule has 0 spiro atoms. The van der Waals surface area contributed by atoms with E-state index in [1.54, 1.807) is 0 Å². The lowest BCUT2D eigenvalue weighted by molar-refractivity contribution is -0.138. The van der Waals surface area contributed by atoms with Gasteiger partial charge in [-0.25, -0.2) is 0 Å². The van der Waals surface area contributed by atoms with Crippen LogP contribution in [-0.2, 0) is 14.4 Å². The summed E-state index contributed by atoms with van der Waals surface area (Å²) in [5, 5.41) is 4.89. The van der Waals surface area contributed by atoms with Crippen LogP contribution in [0.5, 0.6) is 0 Å². The molecule has 6 heteroatoms. The molecular formula is C11H17N3O3. The van der Waals surface area contributed by atoms with Crippen LogP contribution in [0.15, 0.2) is 0 Å². The Labute approximate surface area is 99.3 Å². The Bertz CT molecular complexity index is 356. The molecule has 0 aromatic rings. The molecule has 0 bridgehead atoms. The summed E-state index contributed by atoms with van der Waals surface area (Å²) in [5.74, 6) is -1.05. The Morgan fingerprint density at radius 2 is 2.06 bits per heavy atom. The van der Waals surface area contributed by atoms with Gasteiger partial charge in [0.2, 0.25) is 17.7 Å². The zero-order valence-corrected chi connectivity index (χ0v) is 9.57. The molecule has 0 aromatic heterocycles. The summed E-state index contributed by atoms with van der Waals surface area (Å²) in [6.07, 6.45) is 3.23. The van der Waals surface area contributed by atoms with E-state index in [9.17, 15) is 14.4 Å². The maximum atomic E-state index is 11.9. The van der Waals surface area contributed by atoms with Gasteiger partial charge < -0.3 is 11.1 Å². The van der Waals surface area contributed by atoms with Crippen molar-refractivity contribution in [2.45, 2.75) is 44.2 Å². The van der Waals surface area contributed by atoms with E-state index in [4.69, 9.17) is 5.73 Å². The Hall–Kier alpha value is -1.43. The van der Waals surface area contributed by atoms with Crippen molar-refractivity contribution in [1.29, 1.82) is 0 Å². The van der Waals surface area contributed by atoms with Gasteiger partial charge in [0.1, 0.15) is 6.04 Å². The van der Waals surface area contributed by atoms with Crippen molar-refractivity contribution in [3.8, 4) is 0 Å². The van der Waals surface area contributed by atoms with E-state index in [1.165, 1.54) is 0 Å². The van der Waals surface area contributed by atoms with Crippen LogP contribution in [0.2, 0.25) is 0 Å². The predicted molar refractivity (Wildman–Crippen MR) is 59.6 cm³/mol. The van der Waals surface area contributed by atoms with E-state index < -0.39 is 11.9 Å². The summed E-state index contributed by atoms with van der Waals surface area (Å²) in [4.78, 5) is 34.3. The molecule has 2 aliphatic rings. The van der Waals surface area contributed by atoms with Gasteiger partial charge in [0.05, 0.1) is 5.92 Å². The first-order valence-corrected chi connectivity index (χ1v) is 5.97. The standard InChI is InChI=1S/C11H17N3O3/c12-7-3-1-2-6(7)10(16)13-8-4-5-9(15)14-11(8)17/h6-8H,1-5,12H2,(H,13,16)(H,14,15,17). The van der Waals surface area contributed by atoms with Crippen LogP contribution in [0.1, 0.15) is 32.1 Å². The molecule has 1 saturated carbocycles. The summed E-state index contributed by atoms with van der Waals surface area (Å²) in [5.41, 5.74) is 5.83. The van der Waals surface area contributed by atoms with Crippen LogP contribution < -0.4 is 16.4 Å². The highest BCUT2D eigenvalue weighted by atomic mass is 16.2. The normalized spacial score (nSPS) is 33.4. The number of carbonyl (C=O) groups excluding carboxylic acids is 3. The van der Waals surface area contributed by atoms with Crippen LogP contribution in [0.4, 0.5) is 0 Å². The Kier molecular flexibility index (Phi) is 3.42. The maximum Gasteiger partial charge on any atom is 0.249 e. The minimum absolute atomic E-state index is 0.108. The molecule has 6 nitrogen and oxygen atoms in total. The second-order valence-corrected chi connectivity index (χ2v) is 4.71. The Morgan fingerprint density at radius 1 is 1.29 bits per heavy atom. The van der Waals surface area contributed by atoms with Crippen molar-refractivity contribution in [3.05, 3.63) is 0 Å². The van der Waals surface area contributed by atoms with Gasteiger partial charge in [0.25, 0.3) is 0 Å². The summed E-state index contributed by atoms with van der Waals surface area (Å²) >= 11 is 0. The summed E-state index contributed by atoms with van der Waals surface area (Å²) in [6, 6.07) is -0.698. The molecule has 2 fully saturated rings. The van der Waals surface area contributed by atoms with E-state index >= 15 is 0 Å². The second-order valence-electron chi connectivity index (χ2n) is 4.71. The van der Waals surface area contributed by atoms with Crippen molar-refractivity contribution in [3.63, 3.8) is 0 Å². The van der Waals surface area contributed by atoms with E-state index in [-0.39, 0.29) is 30.2 Å². The lowest BCUT2D eigenvalue weighted by atomic mass is 10.0. The largest absolute Gasteiger partial charge is 0.344 e. The van der Waals surface area contributed by atoms with Crippen molar-refractivity contribution < 1.29 is 14.4 Å². The highest BCUT2D eigenvalue weighted by Gasteiger charge is 2.34. The zero-order chi connectivity index (χ0) is 12.4. The number of nitrogens with one attached hydrogen (secondary N) is 2. The number of hydrogen-bond acceptors (Lipinski definition) is 4. The molecule has 1 aliphatic carbocycles. The molecule has 4 N–H and O–H groups in total. The third-order valence-corrected chi connectivity index (χ3v) is 3.46. The lowest BCUT2D eigenvalue weighted by Gasteiger charge is -2.24. The highest BCUT2D eigenvalue weighted by molar-refractivity contribution is 6.01. The van der Waals surface area contributed by atoms with Crippen LogP contribution in [0, 0.1) is 5.92 Å². The second kappa shape index (κ2) is 4.83. The molecule has 1 saturated heterocycles. The number of rotatable bonds is 2. The molecule has 17 heavy (non-hydrogen) atoms. The van der Waals surface area contributed by atoms with E-state index in [1.807, 2.05) is 0 Å². The molecule has 2 rings (SSSR count). The van der Waals surface area contributed by atoms with Crippen LogP contribution in [-0.4, -0.2) is 29.8 Å². The van der Waals surface area contributed by atoms with Crippen molar-refractivity contribution in [2.75, 3.05) is 0 Å². The first-order chi connectivity index (χ1) is 8.08. The van der Waals surface area contributed by atoms with Gasteiger partial charge >= 0.3 is 0 Å². The van der Waals surface area contributed by atoms with Crippen molar-refractivity contribution in [2.24, 2.45) is 11.7 Å². The average molecular weight is 239 g/mol. The molecular weight excluding hydrogens is 222 g/mol. The first-order valence-electron chi connectivity index (χ1n) is 5.97. The Morgan fingerprint density at radius 3 is 2.65 bits per heavy atom. The van der Waals surface area contributed by atoms with Crippen molar-refractivity contribution in [1.82, 2.24) is 10.6 Å². The monoisotopic (exact) mass is 239 g/mol. The fourth-order valence-corrected chi connectivity index (χ4v) is 2.42. The summed E-state index contributed by atoms with van der Waals surface area (Å²) < 4.78 is 0. The molecule has 3 amide bonds. The van der Waals surface area contributed by atoms with Crippen LogP contribution in [0.3, 0.4) is 0 Å². The molecule has 0 aromatic carbocycles. The molecule has 1 heterocycles. The topological polar surface area (TPSA) is 101 Å². The fraction of sp³-hybridized carbons (Fsp3) is 0.727. The Balaban J connectivity index is 1.90. The lowest BCUT2D eigenvalue weighted by Crippen LogP contribution is -2.54. The van der Waals surface area contributed by atoms with E-state index in [2.05, 4.69) is 10.6 Å². The number of amides is 3. The molecule has 3 atom stereocenters. The quantitative estimate of drug-likeness (QED) is 0.540. The van der Waals surface area contributed by atoms with E-state index in [0.29, 0.717) is 6.42 Å².